The maximum absolute atomic E-state index is 12.2. The molecule has 0 radical (unpaired) electrons. The Hall–Kier alpha value is -2.82. The Morgan fingerprint density at radius 3 is 2.38 bits per heavy atom. The van der Waals surface area contributed by atoms with Crippen LogP contribution >= 0.6 is 0 Å². The van der Waals surface area contributed by atoms with Crippen molar-refractivity contribution in [2.24, 2.45) is 7.05 Å². The van der Waals surface area contributed by atoms with E-state index in [1.807, 2.05) is 6.92 Å². The highest BCUT2D eigenvalue weighted by Gasteiger charge is 2.13. The van der Waals surface area contributed by atoms with Crippen LogP contribution in [0.3, 0.4) is 0 Å². The Morgan fingerprint density at radius 2 is 1.71 bits per heavy atom. The molecule has 124 valence electrons. The maximum atomic E-state index is 12.2. The molecule has 5 nitrogen and oxygen atoms in total. The number of benzene rings is 2. The summed E-state index contributed by atoms with van der Waals surface area (Å²) in [6, 6.07) is 15.1. The summed E-state index contributed by atoms with van der Waals surface area (Å²) in [6.45, 7) is 4.55. The molecule has 0 bridgehead atoms. The minimum absolute atomic E-state index is 0.188. The molecular formula is C19H21N3O2. The van der Waals surface area contributed by atoms with E-state index in [-0.39, 0.29) is 5.69 Å². The number of aromatic nitrogens is 3. The summed E-state index contributed by atoms with van der Waals surface area (Å²) in [7, 11) is 3.14. The van der Waals surface area contributed by atoms with Crippen LogP contribution in [0, 0.1) is 13.8 Å². The quantitative estimate of drug-likeness (QED) is 0.742. The van der Waals surface area contributed by atoms with Gasteiger partial charge in [0.05, 0.1) is 13.7 Å². The van der Waals surface area contributed by atoms with Gasteiger partial charge in [0.1, 0.15) is 0 Å². The monoisotopic (exact) mass is 323 g/mol. The van der Waals surface area contributed by atoms with Crippen LogP contribution in [0.1, 0.15) is 16.7 Å². The number of rotatable bonds is 4. The zero-order chi connectivity index (χ0) is 17.3. The fourth-order valence-electron chi connectivity index (χ4n) is 2.71. The van der Waals surface area contributed by atoms with E-state index in [0.717, 1.165) is 22.3 Å². The van der Waals surface area contributed by atoms with Crippen LogP contribution in [-0.4, -0.2) is 21.5 Å². The molecule has 0 aliphatic carbocycles. The Kier molecular flexibility index (Phi) is 4.25. The van der Waals surface area contributed by atoms with Crippen molar-refractivity contribution >= 4 is 0 Å². The molecule has 0 saturated carbocycles. The Bertz CT molecular complexity index is 921. The largest absolute Gasteiger partial charge is 0.467 e. The highest BCUT2D eigenvalue weighted by atomic mass is 16.5. The Labute approximate surface area is 141 Å². The predicted octanol–water partition coefficient (Wildman–Crippen LogP) is 2.92. The molecule has 5 heteroatoms. The zero-order valence-electron chi connectivity index (χ0n) is 14.4. The van der Waals surface area contributed by atoms with Gasteiger partial charge in [0.2, 0.25) is 0 Å². The van der Waals surface area contributed by atoms with E-state index in [0.29, 0.717) is 12.6 Å². The molecule has 0 fully saturated rings. The number of nitrogens with zero attached hydrogens (tertiary/aromatic N) is 3. The van der Waals surface area contributed by atoms with Crippen LogP contribution < -0.4 is 10.4 Å². The number of ether oxygens (including phenoxy) is 1. The van der Waals surface area contributed by atoms with Crippen molar-refractivity contribution in [3.05, 3.63) is 69.6 Å². The molecule has 1 heterocycles. The highest BCUT2D eigenvalue weighted by Crippen LogP contribution is 2.24. The third-order valence-corrected chi connectivity index (χ3v) is 4.22. The molecule has 2 aromatic carbocycles. The molecule has 0 atom stereocenters. The van der Waals surface area contributed by atoms with E-state index < -0.39 is 0 Å². The number of methoxy groups -OCH3 is 1. The lowest BCUT2D eigenvalue weighted by Crippen LogP contribution is -2.23. The average molecular weight is 323 g/mol. The van der Waals surface area contributed by atoms with Crippen LogP contribution in [0.2, 0.25) is 0 Å². The van der Waals surface area contributed by atoms with Gasteiger partial charge in [-0.15, -0.1) is 5.10 Å². The van der Waals surface area contributed by atoms with Crippen LogP contribution in [0.5, 0.6) is 6.01 Å². The van der Waals surface area contributed by atoms with Gasteiger partial charge in [-0.1, -0.05) is 42.0 Å². The second kappa shape index (κ2) is 6.35. The standard InChI is InChI=1S/C19H21N3O2/c1-13-5-8-15(9-6-13)16-10-7-14(2)17(11-16)12-22-18(24-4)20-21(3)19(22)23/h5-11H,12H2,1-4H3. The lowest BCUT2D eigenvalue weighted by atomic mass is 9.99. The van der Waals surface area contributed by atoms with E-state index in [9.17, 15) is 4.79 Å². The molecule has 0 spiro atoms. The van der Waals surface area contributed by atoms with Crippen LogP contribution in [0.15, 0.2) is 47.3 Å². The summed E-state index contributed by atoms with van der Waals surface area (Å²) < 4.78 is 8.05. The fourth-order valence-corrected chi connectivity index (χ4v) is 2.71. The molecule has 0 amide bonds. The van der Waals surface area contributed by atoms with Crippen molar-refractivity contribution in [3.63, 3.8) is 0 Å². The van der Waals surface area contributed by atoms with Gasteiger partial charge >= 0.3 is 11.7 Å². The Balaban J connectivity index is 2.01. The molecule has 0 saturated heterocycles. The second-order valence-electron chi connectivity index (χ2n) is 5.99. The number of hydrogen-bond donors (Lipinski definition) is 0. The van der Waals surface area contributed by atoms with Crippen molar-refractivity contribution in [3.8, 4) is 17.1 Å². The molecule has 0 N–H and O–H groups in total. The smallest absolute Gasteiger partial charge is 0.348 e. The summed E-state index contributed by atoms with van der Waals surface area (Å²) in [5.74, 6) is 0. The summed E-state index contributed by atoms with van der Waals surface area (Å²) in [4.78, 5) is 12.2. The third-order valence-electron chi connectivity index (χ3n) is 4.22. The first-order valence-corrected chi connectivity index (χ1v) is 7.84. The van der Waals surface area contributed by atoms with Crippen molar-refractivity contribution in [2.45, 2.75) is 20.4 Å². The highest BCUT2D eigenvalue weighted by molar-refractivity contribution is 5.65. The maximum Gasteiger partial charge on any atom is 0.348 e. The third kappa shape index (κ3) is 2.97. The minimum Gasteiger partial charge on any atom is -0.467 e. The normalized spacial score (nSPS) is 10.8. The van der Waals surface area contributed by atoms with Gasteiger partial charge in [0.25, 0.3) is 0 Å². The van der Waals surface area contributed by atoms with Crippen LogP contribution in [0.4, 0.5) is 0 Å². The van der Waals surface area contributed by atoms with E-state index in [4.69, 9.17) is 4.74 Å². The zero-order valence-corrected chi connectivity index (χ0v) is 14.4. The Morgan fingerprint density at radius 1 is 1.04 bits per heavy atom. The molecule has 0 unspecified atom stereocenters. The predicted molar refractivity (Wildman–Crippen MR) is 94.5 cm³/mol. The van der Waals surface area contributed by atoms with Crippen LogP contribution in [-0.2, 0) is 13.6 Å². The van der Waals surface area contributed by atoms with Gasteiger partial charge in [-0.25, -0.2) is 14.0 Å². The molecule has 0 aliphatic rings. The topological polar surface area (TPSA) is 49.1 Å². The van der Waals surface area contributed by atoms with Gasteiger partial charge in [-0.3, -0.25) is 0 Å². The molecule has 24 heavy (non-hydrogen) atoms. The van der Waals surface area contributed by atoms with Crippen molar-refractivity contribution in [2.75, 3.05) is 7.11 Å². The van der Waals surface area contributed by atoms with E-state index in [2.05, 4.69) is 54.5 Å². The lowest BCUT2D eigenvalue weighted by Gasteiger charge is -2.11. The minimum atomic E-state index is -0.188. The summed E-state index contributed by atoms with van der Waals surface area (Å²) >= 11 is 0. The first kappa shape index (κ1) is 16.1. The van der Waals surface area contributed by atoms with Gasteiger partial charge in [-0.2, -0.15) is 0 Å². The molecule has 0 aliphatic heterocycles. The summed E-state index contributed by atoms with van der Waals surface area (Å²) in [6.07, 6.45) is 0. The van der Waals surface area contributed by atoms with Crippen molar-refractivity contribution < 1.29 is 4.74 Å². The van der Waals surface area contributed by atoms with Gasteiger partial charge in [-0.05, 0) is 42.2 Å². The van der Waals surface area contributed by atoms with Gasteiger partial charge in [0, 0.05) is 7.05 Å². The average Bonchev–Trinajstić information content (AvgIpc) is 2.85. The van der Waals surface area contributed by atoms with Gasteiger partial charge < -0.3 is 4.74 Å². The number of aryl methyl sites for hydroxylation is 3. The second-order valence-corrected chi connectivity index (χ2v) is 5.99. The van der Waals surface area contributed by atoms with E-state index in [1.54, 1.807) is 11.6 Å². The van der Waals surface area contributed by atoms with Crippen molar-refractivity contribution in [1.82, 2.24) is 14.3 Å². The summed E-state index contributed by atoms with van der Waals surface area (Å²) in [5, 5.41) is 4.09. The van der Waals surface area contributed by atoms with Gasteiger partial charge in [0.15, 0.2) is 0 Å². The molecule has 3 rings (SSSR count). The lowest BCUT2D eigenvalue weighted by molar-refractivity contribution is 0.357. The van der Waals surface area contributed by atoms with Crippen LogP contribution in [0.25, 0.3) is 11.1 Å². The van der Waals surface area contributed by atoms with Crippen molar-refractivity contribution in [1.29, 1.82) is 0 Å². The molecule has 1 aromatic heterocycles. The first-order valence-electron chi connectivity index (χ1n) is 7.84. The number of hydrogen-bond acceptors (Lipinski definition) is 3. The fraction of sp³-hybridized carbons (Fsp3) is 0.263. The SMILES string of the molecule is COc1nn(C)c(=O)n1Cc1cc(-c2ccc(C)cc2)ccc1C. The first-order chi connectivity index (χ1) is 11.5. The van der Waals surface area contributed by atoms with E-state index in [1.165, 1.54) is 17.4 Å². The molecular weight excluding hydrogens is 302 g/mol. The van der Waals surface area contributed by atoms with E-state index >= 15 is 0 Å². The summed E-state index contributed by atoms with van der Waals surface area (Å²) in [5.41, 5.74) is 5.54. The molecule has 3 aromatic rings.